The summed E-state index contributed by atoms with van der Waals surface area (Å²) in [4.78, 5) is 14.8. The zero-order chi connectivity index (χ0) is 10.2. The third kappa shape index (κ3) is 3.86. The van der Waals surface area contributed by atoms with Gasteiger partial charge in [0.2, 0.25) is 0 Å². The summed E-state index contributed by atoms with van der Waals surface area (Å²) >= 11 is 0. The standard InChI is InChI=1S/C9H12N2O3/c12-5-4-11-9(13)7-14-8-2-1-3-10-6-8/h1-3,6,12H,4-5,7H2,(H,11,13). The molecule has 0 aliphatic carbocycles. The molecule has 0 aliphatic heterocycles. The molecule has 2 N–H and O–H groups in total. The van der Waals surface area contributed by atoms with Gasteiger partial charge in [-0.2, -0.15) is 0 Å². The highest BCUT2D eigenvalue weighted by Gasteiger charge is 2.00. The van der Waals surface area contributed by atoms with E-state index in [9.17, 15) is 4.79 Å². The van der Waals surface area contributed by atoms with Crippen molar-refractivity contribution in [3.05, 3.63) is 24.5 Å². The van der Waals surface area contributed by atoms with Crippen molar-refractivity contribution in [2.75, 3.05) is 19.8 Å². The predicted molar refractivity (Wildman–Crippen MR) is 49.8 cm³/mol. The molecule has 1 amide bonds. The molecule has 1 aromatic rings. The van der Waals surface area contributed by atoms with Crippen LogP contribution < -0.4 is 10.1 Å². The monoisotopic (exact) mass is 196 g/mol. The van der Waals surface area contributed by atoms with Crippen molar-refractivity contribution in [3.8, 4) is 5.75 Å². The molecule has 0 saturated heterocycles. The number of aliphatic hydroxyl groups is 1. The van der Waals surface area contributed by atoms with Crippen molar-refractivity contribution < 1.29 is 14.6 Å². The SMILES string of the molecule is O=C(COc1cccnc1)NCCO. The molecule has 5 nitrogen and oxygen atoms in total. The summed E-state index contributed by atoms with van der Waals surface area (Å²) in [7, 11) is 0. The van der Waals surface area contributed by atoms with E-state index in [1.807, 2.05) is 0 Å². The zero-order valence-electron chi connectivity index (χ0n) is 7.64. The lowest BCUT2D eigenvalue weighted by molar-refractivity contribution is -0.123. The minimum atomic E-state index is -0.261. The fraction of sp³-hybridized carbons (Fsp3) is 0.333. The van der Waals surface area contributed by atoms with E-state index in [1.54, 1.807) is 18.3 Å². The number of ether oxygens (including phenoxy) is 1. The maximum absolute atomic E-state index is 11.0. The number of rotatable bonds is 5. The van der Waals surface area contributed by atoms with Gasteiger partial charge in [-0.05, 0) is 12.1 Å². The van der Waals surface area contributed by atoms with Gasteiger partial charge in [-0.3, -0.25) is 9.78 Å². The number of nitrogens with zero attached hydrogens (tertiary/aromatic N) is 1. The van der Waals surface area contributed by atoms with Crippen LogP contribution in [-0.4, -0.2) is 35.8 Å². The largest absolute Gasteiger partial charge is 0.482 e. The van der Waals surface area contributed by atoms with E-state index in [-0.39, 0.29) is 25.7 Å². The van der Waals surface area contributed by atoms with Crippen LogP contribution in [0.4, 0.5) is 0 Å². The third-order valence-corrected chi connectivity index (χ3v) is 1.44. The molecule has 76 valence electrons. The average molecular weight is 196 g/mol. The number of carbonyl (C=O) groups excluding carboxylic acids is 1. The molecule has 5 heteroatoms. The van der Waals surface area contributed by atoms with Crippen LogP contribution in [0.15, 0.2) is 24.5 Å². The summed E-state index contributed by atoms with van der Waals surface area (Å²) in [6.07, 6.45) is 3.15. The van der Waals surface area contributed by atoms with Crippen molar-refractivity contribution in [3.63, 3.8) is 0 Å². The van der Waals surface area contributed by atoms with Gasteiger partial charge in [0.05, 0.1) is 12.8 Å². The van der Waals surface area contributed by atoms with E-state index in [4.69, 9.17) is 9.84 Å². The quantitative estimate of drug-likeness (QED) is 0.670. The third-order valence-electron chi connectivity index (χ3n) is 1.44. The minimum absolute atomic E-state index is 0.0638. The Labute approximate surface area is 81.7 Å². The Morgan fingerprint density at radius 2 is 2.50 bits per heavy atom. The molecule has 1 aromatic heterocycles. The van der Waals surface area contributed by atoms with E-state index in [1.165, 1.54) is 6.20 Å². The first-order valence-corrected chi connectivity index (χ1v) is 4.23. The fourth-order valence-corrected chi connectivity index (χ4v) is 0.828. The highest BCUT2D eigenvalue weighted by atomic mass is 16.5. The van der Waals surface area contributed by atoms with Crippen molar-refractivity contribution in [2.24, 2.45) is 0 Å². The molecule has 0 radical (unpaired) electrons. The number of carbonyl (C=O) groups is 1. The second-order valence-electron chi connectivity index (χ2n) is 2.55. The molecule has 14 heavy (non-hydrogen) atoms. The number of aromatic nitrogens is 1. The number of nitrogens with one attached hydrogen (secondary N) is 1. The van der Waals surface area contributed by atoms with Crippen LogP contribution in [-0.2, 0) is 4.79 Å². The molecule has 0 bridgehead atoms. The molecule has 0 aliphatic rings. The van der Waals surface area contributed by atoms with Crippen LogP contribution in [0.25, 0.3) is 0 Å². The molecule has 0 spiro atoms. The van der Waals surface area contributed by atoms with Gasteiger partial charge in [-0.15, -0.1) is 0 Å². The number of aliphatic hydroxyl groups excluding tert-OH is 1. The van der Waals surface area contributed by atoms with Gasteiger partial charge < -0.3 is 15.2 Å². The maximum Gasteiger partial charge on any atom is 0.258 e. The van der Waals surface area contributed by atoms with Gasteiger partial charge >= 0.3 is 0 Å². The Morgan fingerprint density at radius 3 is 3.14 bits per heavy atom. The van der Waals surface area contributed by atoms with Crippen LogP contribution in [0.5, 0.6) is 5.75 Å². The molecule has 0 fully saturated rings. The molecule has 0 unspecified atom stereocenters. The molecule has 0 atom stereocenters. The molecule has 1 heterocycles. The molecule has 1 rings (SSSR count). The molecular weight excluding hydrogens is 184 g/mol. The Hall–Kier alpha value is -1.62. The lowest BCUT2D eigenvalue weighted by atomic mass is 10.5. The van der Waals surface area contributed by atoms with Gasteiger partial charge in [0.1, 0.15) is 5.75 Å². The maximum atomic E-state index is 11.0. The van der Waals surface area contributed by atoms with Crippen molar-refractivity contribution >= 4 is 5.91 Å². The van der Waals surface area contributed by atoms with Crippen molar-refractivity contribution in [2.45, 2.75) is 0 Å². The lowest BCUT2D eigenvalue weighted by Crippen LogP contribution is -2.31. The predicted octanol–water partition coefficient (Wildman–Crippen LogP) is -0.431. The second-order valence-corrected chi connectivity index (χ2v) is 2.55. The van der Waals surface area contributed by atoms with Crippen LogP contribution in [0.1, 0.15) is 0 Å². The van der Waals surface area contributed by atoms with Gasteiger partial charge in [0.15, 0.2) is 6.61 Å². The highest BCUT2D eigenvalue weighted by Crippen LogP contribution is 2.04. The average Bonchev–Trinajstić information content (AvgIpc) is 2.25. The Kier molecular flexibility index (Phi) is 4.43. The number of hydrogen-bond donors (Lipinski definition) is 2. The van der Waals surface area contributed by atoms with Crippen LogP contribution in [0, 0.1) is 0 Å². The topological polar surface area (TPSA) is 71.5 Å². The highest BCUT2D eigenvalue weighted by molar-refractivity contribution is 5.77. The van der Waals surface area contributed by atoms with Gasteiger partial charge in [0.25, 0.3) is 5.91 Å². The first-order valence-electron chi connectivity index (χ1n) is 4.23. The molecular formula is C9H12N2O3. The van der Waals surface area contributed by atoms with Crippen molar-refractivity contribution in [1.29, 1.82) is 0 Å². The number of amides is 1. The summed E-state index contributed by atoms with van der Waals surface area (Å²) in [5.41, 5.74) is 0. The van der Waals surface area contributed by atoms with Crippen LogP contribution in [0.2, 0.25) is 0 Å². The smallest absolute Gasteiger partial charge is 0.258 e. The van der Waals surface area contributed by atoms with E-state index in [0.29, 0.717) is 5.75 Å². The Bertz CT molecular complexity index is 277. The van der Waals surface area contributed by atoms with E-state index >= 15 is 0 Å². The zero-order valence-corrected chi connectivity index (χ0v) is 7.64. The lowest BCUT2D eigenvalue weighted by Gasteiger charge is -2.05. The van der Waals surface area contributed by atoms with Gasteiger partial charge in [-0.1, -0.05) is 0 Å². The summed E-state index contributed by atoms with van der Waals surface area (Å²) in [5.74, 6) is 0.287. The van der Waals surface area contributed by atoms with E-state index < -0.39 is 0 Å². The first-order chi connectivity index (χ1) is 6.83. The van der Waals surface area contributed by atoms with Crippen LogP contribution in [0.3, 0.4) is 0 Å². The molecule has 0 saturated carbocycles. The van der Waals surface area contributed by atoms with Gasteiger partial charge in [0, 0.05) is 12.7 Å². The fourth-order valence-electron chi connectivity index (χ4n) is 0.828. The number of pyridine rings is 1. The van der Waals surface area contributed by atoms with Crippen molar-refractivity contribution in [1.82, 2.24) is 10.3 Å². The summed E-state index contributed by atoms with van der Waals surface area (Å²) in [6, 6.07) is 3.44. The van der Waals surface area contributed by atoms with Crippen LogP contribution >= 0.6 is 0 Å². The van der Waals surface area contributed by atoms with E-state index in [2.05, 4.69) is 10.3 Å². The Morgan fingerprint density at radius 1 is 1.64 bits per heavy atom. The summed E-state index contributed by atoms with van der Waals surface area (Å²) in [5, 5.41) is 10.9. The Balaban J connectivity index is 2.24. The minimum Gasteiger partial charge on any atom is -0.482 e. The normalized spacial score (nSPS) is 9.50. The molecule has 0 aromatic carbocycles. The van der Waals surface area contributed by atoms with Gasteiger partial charge in [-0.25, -0.2) is 0 Å². The summed E-state index contributed by atoms with van der Waals surface area (Å²) in [6.45, 7) is 0.111. The number of hydrogen-bond acceptors (Lipinski definition) is 4. The van der Waals surface area contributed by atoms with E-state index in [0.717, 1.165) is 0 Å². The summed E-state index contributed by atoms with van der Waals surface area (Å²) < 4.78 is 5.11. The second kappa shape index (κ2) is 5.93. The first kappa shape index (κ1) is 10.5.